The molecule has 164 valence electrons. The Morgan fingerprint density at radius 2 is 1.81 bits per heavy atom. The lowest BCUT2D eigenvalue weighted by atomic mass is 9.69. The predicted molar refractivity (Wildman–Crippen MR) is 125 cm³/mol. The second-order valence-corrected chi connectivity index (χ2v) is 9.68. The molecule has 5 heteroatoms. The minimum absolute atomic E-state index is 0.0327. The van der Waals surface area contributed by atoms with Gasteiger partial charge in [0.2, 0.25) is 0 Å². The summed E-state index contributed by atoms with van der Waals surface area (Å²) in [6.07, 6.45) is 3.68. The van der Waals surface area contributed by atoms with Crippen LogP contribution in [0.2, 0.25) is 0 Å². The molecule has 0 amide bonds. The van der Waals surface area contributed by atoms with Crippen molar-refractivity contribution in [1.29, 1.82) is 0 Å². The minimum atomic E-state index is -0.895. The molecule has 1 unspecified atom stereocenters. The molecule has 2 aliphatic rings. The van der Waals surface area contributed by atoms with Gasteiger partial charge in [-0.1, -0.05) is 45.0 Å². The lowest BCUT2D eigenvalue weighted by molar-refractivity contribution is 0.0696. The number of pyridine rings is 1. The fourth-order valence-corrected chi connectivity index (χ4v) is 4.73. The van der Waals surface area contributed by atoms with Crippen LogP contribution in [-0.4, -0.2) is 29.3 Å². The van der Waals surface area contributed by atoms with Crippen LogP contribution >= 0.6 is 0 Å². The standard InChI is InChI=1S/C27H27NO4/c1-27(2,3)18-14-17(12-16-8-9-22-23(13-16)32-11-10-31-22)25-20(15-18)24(26(29)30)19-6-4-5-7-21(19)28-25/h4-9,12-13,18H,10-11,14-15H2,1-3H3,(H,29,30). The first-order valence-electron chi connectivity index (χ1n) is 11.1. The molecular weight excluding hydrogens is 402 g/mol. The fraction of sp³-hybridized carbons (Fsp3) is 0.333. The first-order valence-corrected chi connectivity index (χ1v) is 11.1. The van der Waals surface area contributed by atoms with Gasteiger partial charge in [0.1, 0.15) is 13.2 Å². The molecule has 0 saturated heterocycles. The molecule has 0 fully saturated rings. The number of carbonyl (C=O) groups is 1. The Labute approximate surface area is 187 Å². The first-order chi connectivity index (χ1) is 15.3. The van der Waals surface area contributed by atoms with Crippen molar-refractivity contribution in [2.45, 2.75) is 33.6 Å². The Morgan fingerprint density at radius 3 is 2.56 bits per heavy atom. The van der Waals surface area contributed by atoms with Crippen molar-refractivity contribution in [3.63, 3.8) is 0 Å². The molecule has 0 spiro atoms. The van der Waals surface area contributed by atoms with Crippen molar-refractivity contribution in [3.05, 3.63) is 64.8 Å². The van der Waals surface area contributed by atoms with E-state index in [1.807, 2.05) is 42.5 Å². The number of aromatic nitrogens is 1. The number of hydrogen-bond donors (Lipinski definition) is 1. The second kappa shape index (κ2) is 7.66. The molecule has 0 radical (unpaired) electrons. The molecule has 0 saturated carbocycles. The molecule has 2 heterocycles. The number of para-hydroxylation sites is 1. The SMILES string of the molecule is CC(C)(C)C1CC(=Cc2ccc3c(c2)OCCO3)c2nc3ccccc3c(C(=O)O)c2C1. The average molecular weight is 430 g/mol. The monoisotopic (exact) mass is 429 g/mol. The van der Waals surface area contributed by atoms with Crippen LogP contribution in [0.25, 0.3) is 22.6 Å². The van der Waals surface area contributed by atoms with E-state index in [2.05, 4.69) is 26.8 Å². The zero-order valence-corrected chi connectivity index (χ0v) is 18.6. The van der Waals surface area contributed by atoms with E-state index in [9.17, 15) is 9.90 Å². The number of hydrogen-bond acceptors (Lipinski definition) is 4. The molecule has 1 N–H and O–H groups in total. The summed E-state index contributed by atoms with van der Waals surface area (Å²) in [6, 6.07) is 13.5. The summed E-state index contributed by atoms with van der Waals surface area (Å²) < 4.78 is 11.4. The van der Waals surface area contributed by atoms with Gasteiger partial charge in [-0.2, -0.15) is 0 Å². The van der Waals surface area contributed by atoms with Gasteiger partial charge in [-0.25, -0.2) is 9.78 Å². The third kappa shape index (κ3) is 3.62. The number of aromatic carboxylic acids is 1. The van der Waals surface area contributed by atoms with Crippen LogP contribution in [-0.2, 0) is 6.42 Å². The summed E-state index contributed by atoms with van der Waals surface area (Å²) in [6.45, 7) is 7.76. The van der Waals surface area contributed by atoms with E-state index in [1.54, 1.807) is 0 Å². The number of nitrogens with zero attached hydrogens (tertiary/aromatic N) is 1. The maximum Gasteiger partial charge on any atom is 0.336 e. The molecule has 0 bridgehead atoms. The number of carboxylic acids is 1. The van der Waals surface area contributed by atoms with E-state index in [0.29, 0.717) is 42.0 Å². The van der Waals surface area contributed by atoms with Crippen LogP contribution < -0.4 is 9.47 Å². The Morgan fingerprint density at radius 1 is 1.06 bits per heavy atom. The molecule has 1 aliphatic carbocycles. The van der Waals surface area contributed by atoms with Crippen molar-refractivity contribution < 1.29 is 19.4 Å². The van der Waals surface area contributed by atoms with E-state index in [-0.39, 0.29) is 5.41 Å². The average Bonchev–Trinajstić information content (AvgIpc) is 2.76. The molecule has 5 rings (SSSR count). The summed E-state index contributed by atoms with van der Waals surface area (Å²) >= 11 is 0. The smallest absolute Gasteiger partial charge is 0.336 e. The highest BCUT2D eigenvalue weighted by Gasteiger charge is 2.35. The number of rotatable bonds is 2. The van der Waals surface area contributed by atoms with E-state index in [4.69, 9.17) is 14.5 Å². The normalized spacial score (nSPS) is 19.1. The van der Waals surface area contributed by atoms with E-state index >= 15 is 0 Å². The second-order valence-electron chi connectivity index (χ2n) is 9.68. The van der Waals surface area contributed by atoms with Gasteiger partial charge in [-0.15, -0.1) is 0 Å². The zero-order chi connectivity index (χ0) is 22.5. The van der Waals surface area contributed by atoms with Crippen molar-refractivity contribution in [3.8, 4) is 11.5 Å². The minimum Gasteiger partial charge on any atom is -0.486 e. The number of benzene rings is 2. The molecule has 1 aromatic heterocycles. The van der Waals surface area contributed by atoms with Crippen molar-refractivity contribution >= 4 is 28.5 Å². The van der Waals surface area contributed by atoms with Gasteiger partial charge in [-0.3, -0.25) is 0 Å². The quantitative estimate of drug-likeness (QED) is 0.553. The lowest BCUT2D eigenvalue weighted by Crippen LogP contribution is -2.28. The fourth-order valence-electron chi connectivity index (χ4n) is 4.73. The molecular formula is C27H27NO4. The maximum absolute atomic E-state index is 12.4. The first kappa shape index (κ1) is 20.6. The van der Waals surface area contributed by atoms with Crippen LogP contribution in [0.3, 0.4) is 0 Å². The van der Waals surface area contributed by atoms with Crippen molar-refractivity contribution in [1.82, 2.24) is 4.98 Å². The van der Waals surface area contributed by atoms with Gasteiger partial charge in [0, 0.05) is 5.39 Å². The summed E-state index contributed by atoms with van der Waals surface area (Å²) in [7, 11) is 0. The van der Waals surface area contributed by atoms with Crippen LogP contribution in [0.4, 0.5) is 0 Å². The highest BCUT2D eigenvalue weighted by atomic mass is 16.6. The number of fused-ring (bicyclic) bond motifs is 3. The summed E-state index contributed by atoms with van der Waals surface area (Å²) in [4.78, 5) is 17.3. The van der Waals surface area contributed by atoms with Gasteiger partial charge in [0.15, 0.2) is 11.5 Å². The topological polar surface area (TPSA) is 68.7 Å². The number of ether oxygens (including phenoxy) is 2. The van der Waals surface area contributed by atoms with Crippen LogP contribution in [0.5, 0.6) is 11.5 Å². The Kier molecular flexibility index (Phi) is 4.92. The van der Waals surface area contributed by atoms with Crippen LogP contribution in [0.15, 0.2) is 42.5 Å². The van der Waals surface area contributed by atoms with Gasteiger partial charge in [0.05, 0.1) is 16.8 Å². The largest absolute Gasteiger partial charge is 0.486 e. The number of carboxylic acid groups (broad SMARTS) is 1. The molecule has 3 aromatic rings. The van der Waals surface area contributed by atoms with Gasteiger partial charge >= 0.3 is 5.97 Å². The van der Waals surface area contributed by atoms with Crippen LogP contribution in [0, 0.1) is 11.3 Å². The highest BCUT2D eigenvalue weighted by molar-refractivity contribution is 6.06. The highest BCUT2D eigenvalue weighted by Crippen LogP contribution is 2.45. The maximum atomic E-state index is 12.4. The lowest BCUT2D eigenvalue weighted by Gasteiger charge is -2.36. The zero-order valence-electron chi connectivity index (χ0n) is 18.6. The predicted octanol–water partition coefficient (Wildman–Crippen LogP) is 5.85. The molecule has 2 aromatic carbocycles. The van der Waals surface area contributed by atoms with E-state index in [0.717, 1.165) is 40.3 Å². The molecule has 5 nitrogen and oxygen atoms in total. The van der Waals surface area contributed by atoms with Crippen LogP contribution in [0.1, 0.15) is 54.4 Å². The summed E-state index contributed by atoms with van der Waals surface area (Å²) in [5, 5.41) is 10.9. The number of allylic oxidation sites excluding steroid dienone is 1. The summed E-state index contributed by atoms with van der Waals surface area (Å²) in [5.41, 5.74) is 4.83. The Bertz CT molecular complexity index is 1250. The van der Waals surface area contributed by atoms with Gasteiger partial charge in [0.25, 0.3) is 0 Å². The Hall–Kier alpha value is -3.34. The third-order valence-corrected chi connectivity index (χ3v) is 6.56. The Balaban J connectivity index is 1.72. The third-order valence-electron chi connectivity index (χ3n) is 6.56. The molecule has 1 atom stereocenters. The van der Waals surface area contributed by atoms with Gasteiger partial charge in [-0.05, 0) is 65.1 Å². The summed E-state index contributed by atoms with van der Waals surface area (Å²) in [5.74, 6) is 0.909. The van der Waals surface area contributed by atoms with E-state index in [1.165, 1.54) is 0 Å². The van der Waals surface area contributed by atoms with Crippen molar-refractivity contribution in [2.24, 2.45) is 11.3 Å². The van der Waals surface area contributed by atoms with Crippen molar-refractivity contribution in [2.75, 3.05) is 13.2 Å². The molecule has 32 heavy (non-hydrogen) atoms. The van der Waals surface area contributed by atoms with E-state index < -0.39 is 5.97 Å². The molecule has 1 aliphatic heterocycles. The van der Waals surface area contributed by atoms with Gasteiger partial charge < -0.3 is 14.6 Å².